The Kier molecular flexibility index (Phi) is 9.95. The fourth-order valence-electron chi connectivity index (χ4n) is 2.98. The molecular formula is C24H29NO5S. The summed E-state index contributed by atoms with van der Waals surface area (Å²) in [7, 11) is 0. The zero-order valence-corrected chi connectivity index (χ0v) is 18.4. The molecule has 3 rings (SSSR count). The number of hydrogen-bond acceptors (Lipinski definition) is 7. The molecule has 1 N–H and O–H groups in total. The fraction of sp³-hybridized carbons (Fsp3) is 0.375. The van der Waals surface area contributed by atoms with E-state index in [9.17, 15) is 0 Å². The van der Waals surface area contributed by atoms with Crippen molar-refractivity contribution in [2.45, 2.75) is 6.42 Å². The number of para-hydroxylation sites is 1. The third-order valence-corrected chi connectivity index (χ3v) is 5.52. The molecular weight excluding hydrogens is 414 g/mol. The number of aliphatic hydroxyl groups excluding tert-OH is 1. The molecule has 0 saturated heterocycles. The van der Waals surface area contributed by atoms with Gasteiger partial charge in [0.2, 0.25) is 0 Å². The molecule has 0 aliphatic heterocycles. The van der Waals surface area contributed by atoms with Crippen LogP contribution in [0.1, 0.15) is 5.56 Å². The van der Waals surface area contributed by atoms with Crippen molar-refractivity contribution in [3.8, 4) is 16.3 Å². The second-order valence-corrected chi connectivity index (χ2v) is 7.74. The number of hydrogen-bond donors (Lipinski definition) is 1. The van der Waals surface area contributed by atoms with Crippen molar-refractivity contribution in [3.05, 3.63) is 60.7 Å². The van der Waals surface area contributed by atoms with Crippen LogP contribution in [0.25, 0.3) is 20.8 Å². The number of fused-ring (bicyclic) bond motifs is 1. The number of ether oxygens (including phenoxy) is 4. The van der Waals surface area contributed by atoms with Crippen LogP contribution in [0.15, 0.2) is 55.1 Å². The highest BCUT2D eigenvalue weighted by Crippen LogP contribution is 2.33. The first-order valence-corrected chi connectivity index (χ1v) is 11.2. The van der Waals surface area contributed by atoms with Crippen molar-refractivity contribution < 1.29 is 24.1 Å². The number of aliphatic hydroxyl groups is 1. The maximum absolute atomic E-state index is 8.61. The number of allylic oxidation sites excluding steroid dienone is 1. The third kappa shape index (κ3) is 7.41. The van der Waals surface area contributed by atoms with E-state index < -0.39 is 0 Å². The van der Waals surface area contributed by atoms with Gasteiger partial charge in [0.1, 0.15) is 17.4 Å². The molecule has 0 amide bonds. The number of thiazole rings is 1. The summed E-state index contributed by atoms with van der Waals surface area (Å²) in [5, 5.41) is 9.61. The second-order valence-electron chi connectivity index (χ2n) is 6.71. The zero-order chi connectivity index (χ0) is 21.7. The van der Waals surface area contributed by atoms with Gasteiger partial charge < -0.3 is 24.1 Å². The van der Waals surface area contributed by atoms with E-state index in [0.29, 0.717) is 46.2 Å². The lowest BCUT2D eigenvalue weighted by atomic mass is 10.1. The number of rotatable bonds is 15. The van der Waals surface area contributed by atoms with Gasteiger partial charge in [-0.25, -0.2) is 4.98 Å². The van der Waals surface area contributed by atoms with Crippen LogP contribution < -0.4 is 4.74 Å². The molecule has 0 fully saturated rings. The number of nitrogens with zero attached hydrogens (tertiary/aromatic N) is 1. The lowest BCUT2D eigenvalue weighted by molar-refractivity contribution is 0.00358. The minimum atomic E-state index is 0.0301. The minimum absolute atomic E-state index is 0.0301. The number of benzene rings is 2. The normalized spacial score (nSPS) is 11.1. The first kappa shape index (κ1) is 23.4. The van der Waals surface area contributed by atoms with Gasteiger partial charge in [-0.1, -0.05) is 18.2 Å². The molecule has 0 aliphatic carbocycles. The summed E-state index contributed by atoms with van der Waals surface area (Å²) in [4.78, 5) is 4.75. The topological polar surface area (TPSA) is 70.0 Å². The monoisotopic (exact) mass is 443 g/mol. The van der Waals surface area contributed by atoms with Gasteiger partial charge in [-0.3, -0.25) is 0 Å². The summed E-state index contributed by atoms with van der Waals surface area (Å²) in [6.45, 7) is 7.15. The van der Waals surface area contributed by atoms with E-state index in [1.165, 1.54) is 4.70 Å². The molecule has 0 saturated carbocycles. The Hall–Kier alpha value is -2.29. The van der Waals surface area contributed by atoms with Crippen LogP contribution in [0.4, 0.5) is 0 Å². The van der Waals surface area contributed by atoms with Gasteiger partial charge in [0.05, 0.1) is 56.5 Å². The fourth-order valence-corrected chi connectivity index (χ4v) is 3.94. The molecule has 0 unspecified atom stereocenters. The van der Waals surface area contributed by atoms with Crippen molar-refractivity contribution in [1.82, 2.24) is 4.98 Å². The largest absolute Gasteiger partial charge is 0.491 e. The Morgan fingerprint density at radius 2 is 1.61 bits per heavy atom. The third-order valence-electron chi connectivity index (χ3n) is 4.43. The lowest BCUT2D eigenvalue weighted by Gasteiger charge is -2.12. The van der Waals surface area contributed by atoms with Crippen molar-refractivity contribution in [1.29, 1.82) is 0 Å². The van der Waals surface area contributed by atoms with Gasteiger partial charge in [0, 0.05) is 5.56 Å². The second kappa shape index (κ2) is 13.2. The first-order valence-electron chi connectivity index (χ1n) is 10.4. The highest BCUT2D eigenvalue weighted by Gasteiger charge is 2.10. The van der Waals surface area contributed by atoms with Crippen molar-refractivity contribution >= 4 is 21.6 Å². The standard InChI is InChI=1S/C24H29NO5S/c1-2-5-19-18-20(24-25-21-6-3-4-7-23(21)31-24)8-9-22(19)30-17-16-29-15-14-28-13-12-27-11-10-26/h2-4,6-9,18,26H,1,5,10-17H2. The van der Waals surface area contributed by atoms with Gasteiger partial charge in [-0.15, -0.1) is 17.9 Å². The molecule has 0 spiro atoms. The Morgan fingerprint density at radius 1 is 0.903 bits per heavy atom. The smallest absolute Gasteiger partial charge is 0.124 e. The lowest BCUT2D eigenvalue weighted by Crippen LogP contribution is -2.13. The molecule has 0 aliphatic rings. The molecule has 31 heavy (non-hydrogen) atoms. The molecule has 0 radical (unpaired) electrons. The van der Waals surface area contributed by atoms with Crippen LogP contribution in [0.2, 0.25) is 0 Å². The Balaban J connectivity index is 1.45. The molecule has 7 heteroatoms. The summed E-state index contributed by atoms with van der Waals surface area (Å²) in [6, 6.07) is 14.3. The molecule has 1 heterocycles. The van der Waals surface area contributed by atoms with E-state index in [0.717, 1.165) is 33.8 Å². The van der Waals surface area contributed by atoms with Crippen molar-refractivity contribution in [3.63, 3.8) is 0 Å². The number of aromatic nitrogens is 1. The highest BCUT2D eigenvalue weighted by atomic mass is 32.1. The molecule has 0 bridgehead atoms. The zero-order valence-electron chi connectivity index (χ0n) is 17.6. The van der Waals surface area contributed by atoms with E-state index in [4.69, 9.17) is 29.0 Å². The van der Waals surface area contributed by atoms with Crippen LogP contribution in [0.5, 0.6) is 5.75 Å². The van der Waals surface area contributed by atoms with E-state index in [-0.39, 0.29) is 6.61 Å². The van der Waals surface area contributed by atoms with Gasteiger partial charge in [-0.05, 0) is 42.3 Å². The van der Waals surface area contributed by atoms with Crippen molar-refractivity contribution in [2.24, 2.45) is 0 Å². The average Bonchev–Trinajstić information content (AvgIpc) is 3.23. The Labute approximate surface area is 187 Å². The Morgan fingerprint density at radius 3 is 2.32 bits per heavy atom. The minimum Gasteiger partial charge on any atom is -0.491 e. The summed E-state index contributed by atoms with van der Waals surface area (Å²) in [5.74, 6) is 0.839. The maximum atomic E-state index is 8.61. The Bertz CT molecular complexity index is 910. The van der Waals surface area contributed by atoms with E-state index in [2.05, 4.69) is 18.7 Å². The summed E-state index contributed by atoms with van der Waals surface area (Å²) >= 11 is 1.69. The predicted molar refractivity (Wildman–Crippen MR) is 124 cm³/mol. The summed E-state index contributed by atoms with van der Waals surface area (Å²) in [5.41, 5.74) is 3.19. The van der Waals surface area contributed by atoms with E-state index in [1.54, 1.807) is 11.3 Å². The quantitative estimate of drug-likeness (QED) is 0.282. The highest BCUT2D eigenvalue weighted by molar-refractivity contribution is 7.21. The molecule has 3 aromatic rings. The van der Waals surface area contributed by atoms with Gasteiger partial charge >= 0.3 is 0 Å². The van der Waals surface area contributed by atoms with Gasteiger partial charge in [0.25, 0.3) is 0 Å². The SMILES string of the molecule is C=CCc1cc(-c2nc3ccccc3s2)ccc1OCCOCCOCCOCCO. The van der Waals surface area contributed by atoms with Crippen LogP contribution in [0, 0.1) is 0 Å². The predicted octanol–water partition coefficient (Wildman–Crippen LogP) is 4.11. The summed E-state index contributed by atoms with van der Waals surface area (Å²) in [6.07, 6.45) is 2.60. The van der Waals surface area contributed by atoms with Crippen LogP contribution in [-0.2, 0) is 20.6 Å². The van der Waals surface area contributed by atoms with Gasteiger partial charge in [-0.2, -0.15) is 0 Å². The van der Waals surface area contributed by atoms with Crippen LogP contribution in [0.3, 0.4) is 0 Å². The molecule has 166 valence electrons. The average molecular weight is 444 g/mol. The molecule has 0 atom stereocenters. The van der Waals surface area contributed by atoms with Crippen LogP contribution >= 0.6 is 11.3 Å². The van der Waals surface area contributed by atoms with Gasteiger partial charge in [0.15, 0.2) is 0 Å². The maximum Gasteiger partial charge on any atom is 0.124 e. The van der Waals surface area contributed by atoms with Crippen molar-refractivity contribution in [2.75, 3.05) is 52.9 Å². The van der Waals surface area contributed by atoms with E-state index >= 15 is 0 Å². The van der Waals surface area contributed by atoms with E-state index in [1.807, 2.05) is 36.4 Å². The van der Waals surface area contributed by atoms with Crippen LogP contribution in [-0.4, -0.2) is 62.9 Å². The summed E-state index contributed by atoms with van der Waals surface area (Å²) < 4.78 is 23.2. The molecule has 6 nitrogen and oxygen atoms in total. The first-order chi connectivity index (χ1) is 15.3. The molecule has 1 aromatic heterocycles. The molecule has 2 aromatic carbocycles.